The first-order valence-electron chi connectivity index (χ1n) is 10.2. The molecule has 1 amide bonds. The third-order valence-corrected chi connectivity index (χ3v) is 4.84. The van der Waals surface area contributed by atoms with Crippen LogP contribution in [0.3, 0.4) is 0 Å². The minimum absolute atomic E-state index is 0.0876. The highest BCUT2D eigenvalue weighted by molar-refractivity contribution is 5.94. The van der Waals surface area contributed by atoms with Crippen molar-refractivity contribution in [3.63, 3.8) is 0 Å². The smallest absolute Gasteiger partial charge is 0.248 e. The van der Waals surface area contributed by atoms with Crippen molar-refractivity contribution in [3.05, 3.63) is 29.3 Å². The highest BCUT2D eigenvalue weighted by atomic mass is 16.1. The maximum Gasteiger partial charge on any atom is 0.248 e. The number of carbonyl (C=O) groups is 1. The summed E-state index contributed by atoms with van der Waals surface area (Å²) >= 11 is 0. The number of benzene rings is 1. The predicted molar refractivity (Wildman–Crippen MR) is 120 cm³/mol. The lowest BCUT2D eigenvalue weighted by molar-refractivity contribution is 0.100. The zero-order valence-corrected chi connectivity index (χ0v) is 18.4. The minimum Gasteiger partial charge on any atom is -0.366 e. The van der Waals surface area contributed by atoms with E-state index in [0.29, 0.717) is 23.4 Å². The summed E-state index contributed by atoms with van der Waals surface area (Å²) in [5.74, 6) is 1.05. The molecule has 30 heavy (non-hydrogen) atoms. The molecule has 1 atom stereocenters. The number of rotatable bonds is 7. The van der Waals surface area contributed by atoms with Crippen molar-refractivity contribution in [3.8, 4) is 0 Å². The molecule has 0 saturated carbocycles. The quantitative estimate of drug-likeness (QED) is 0.546. The number of aromatic nitrogens is 3. The molecular formula is C21H32N8O. The number of hydrogen-bond acceptors (Lipinski definition) is 8. The SMILES string of the molecule is Cc1ccc(C(N)=O)cc1Nc1nc(N[C@H]2CCNC2)nc(N(C)CC(C)(C)C)n1. The van der Waals surface area contributed by atoms with Gasteiger partial charge in [-0.25, -0.2) is 0 Å². The van der Waals surface area contributed by atoms with E-state index >= 15 is 0 Å². The van der Waals surface area contributed by atoms with Crippen LogP contribution in [0, 0.1) is 12.3 Å². The molecular weight excluding hydrogens is 380 g/mol. The molecule has 1 aromatic heterocycles. The molecule has 0 aliphatic carbocycles. The summed E-state index contributed by atoms with van der Waals surface area (Å²) in [7, 11) is 1.98. The van der Waals surface area contributed by atoms with Gasteiger partial charge in [0.2, 0.25) is 23.8 Å². The van der Waals surface area contributed by atoms with Crippen molar-refractivity contribution in [1.29, 1.82) is 0 Å². The van der Waals surface area contributed by atoms with Crippen molar-refractivity contribution in [2.45, 2.75) is 40.2 Å². The molecule has 2 aromatic rings. The van der Waals surface area contributed by atoms with Gasteiger partial charge >= 0.3 is 0 Å². The number of anilines is 4. The maximum absolute atomic E-state index is 11.6. The Balaban J connectivity index is 1.92. The highest BCUT2D eigenvalue weighted by Gasteiger charge is 2.20. The van der Waals surface area contributed by atoms with E-state index in [1.165, 1.54) is 0 Å². The molecule has 9 nitrogen and oxygen atoms in total. The molecule has 0 bridgehead atoms. The zero-order chi connectivity index (χ0) is 21.9. The lowest BCUT2D eigenvalue weighted by Gasteiger charge is -2.27. The molecule has 1 aliphatic rings. The number of hydrogen-bond donors (Lipinski definition) is 4. The fourth-order valence-corrected chi connectivity index (χ4v) is 3.43. The number of primary amides is 1. The summed E-state index contributed by atoms with van der Waals surface area (Å²) in [6.07, 6.45) is 1.02. The lowest BCUT2D eigenvalue weighted by atomic mass is 9.96. The van der Waals surface area contributed by atoms with E-state index in [9.17, 15) is 4.79 Å². The van der Waals surface area contributed by atoms with Crippen molar-refractivity contribution in [2.24, 2.45) is 11.1 Å². The van der Waals surface area contributed by atoms with E-state index < -0.39 is 5.91 Å². The molecule has 1 fully saturated rings. The highest BCUT2D eigenvalue weighted by Crippen LogP contribution is 2.24. The van der Waals surface area contributed by atoms with E-state index in [-0.39, 0.29) is 11.5 Å². The molecule has 1 aromatic carbocycles. The van der Waals surface area contributed by atoms with Crippen LogP contribution < -0.4 is 26.6 Å². The summed E-state index contributed by atoms with van der Waals surface area (Å²) in [5, 5.41) is 9.98. The Labute approximate surface area is 177 Å². The number of nitrogens with two attached hydrogens (primary N) is 1. The topological polar surface area (TPSA) is 121 Å². The van der Waals surface area contributed by atoms with Gasteiger partial charge in [0.1, 0.15) is 0 Å². The number of carbonyl (C=O) groups excluding carboxylic acids is 1. The Morgan fingerprint density at radius 2 is 2.00 bits per heavy atom. The third-order valence-electron chi connectivity index (χ3n) is 4.84. The first-order chi connectivity index (χ1) is 14.1. The molecule has 1 saturated heterocycles. The van der Waals surface area contributed by atoms with Crippen molar-refractivity contribution in [1.82, 2.24) is 20.3 Å². The van der Waals surface area contributed by atoms with Crippen molar-refractivity contribution >= 4 is 29.4 Å². The number of nitrogens with one attached hydrogen (secondary N) is 3. The van der Waals surface area contributed by atoms with Crippen LogP contribution in [-0.4, -0.2) is 53.6 Å². The number of amides is 1. The Bertz CT molecular complexity index is 902. The summed E-state index contributed by atoms with van der Waals surface area (Å²) < 4.78 is 0. The second-order valence-corrected chi connectivity index (χ2v) is 9.05. The van der Waals surface area contributed by atoms with Crippen LogP contribution in [-0.2, 0) is 0 Å². The van der Waals surface area contributed by atoms with Gasteiger partial charge in [-0.1, -0.05) is 26.8 Å². The molecule has 162 valence electrons. The summed E-state index contributed by atoms with van der Waals surface area (Å²) in [4.78, 5) is 27.4. The molecule has 0 spiro atoms. The van der Waals surface area contributed by atoms with Crippen molar-refractivity contribution < 1.29 is 4.79 Å². The van der Waals surface area contributed by atoms with Crippen LogP contribution in [0.1, 0.15) is 43.1 Å². The van der Waals surface area contributed by atoms with E-state index in [1.54, 1.807) is 12.1 Å². The number of aryl methyl sites for hydroxylation is 1. The van der Waals surface area contributed by atoms with Crippen LogP contribution >= 0.6 is 0 Å². The van der Waals surface area contributed by atoms with Crippen LogP contribution in [0.25, 0.3) is 0 Å². The van der Waals surface area contributed by atoms with Crippen LogP contribution in [0.4, 0.5) is 23.5 Å². The maximum atomic E-state index is 11.6. The Hall–Kier alpha value is -2.94. The van der Waals surface area contributed by atoms with Crippen LogP contribution in [0.5, 0.6) is 0 Å². The van der Waals surface area contributed by atoms with Gasteiger partial charge in [0.15, 0.2) is 0 Å². The first-order valence-corrected chi connectivity index (χ1v) is 10.2. The van der Waals surface area contributed by atoms with Crippen LogP contribution in [0.15, 0.2) is 18.2 Å². The Kier molecular flexibility index (Phi) is 6.40. The molecule has 3 rings (SSSR count). The van der Waals surface area contributed by atoms with Gasteiger partial charge in [0, 0.05) is 37.4 Å². The molecule has 0 radical (unpaired) electrons. The Morgan fingerprint density at radius 3 is 2.63 bits per heavy atom. The van der Waals surface area contributed by atoms with Gasteiger partial charge in [-0.05, 0) is 43.0 Å². The molecule has 9 heteroatoms. The first kappa shape index (κ1) is 21.8. The fourth-order valence-electron chi connectivity index (χ4n) is 3.43. The summed E-state index contributed by atoms with van der Waals surface area (Å²) in [6.45, 7) is 11.1. The van der Waals surface area contributed by atoms with E-state index in [4.69, 9.17) is 5.73 Å². The van der Waals surface area contributed by atoms with Gasteiger partial charge in [-0.15, -0.1) is 0 Å². The van der Waals surface area contributed by atoms with Gasteiger partial charge in [-0.3, -0.25) is 4.79 Å². The molecule has 5 N–H and O–H groups in total. The standard InChI is InChI=1S/C21H32N8O/c1-13-6-7-14(17(22)30)10-16(13)25-19-26-18(24-15-8-9-23-11-15)27-20(28-19)29(5)12-21(2,3)4/h6-7,10,15,23H,8-9,11-12H2,1-5H3,(H2,22,30)(H2,24,25,26,27,28)/t15-/m0/s1. The molecule has 1 aliphatic heterocycles. The zero-order valence-electron chi connectivity index (χ0n) is 18.4. The van der Waals surface area contributed by atoms with E-state index in [0.717, 1.165) is 37.3 Å². The molecule has 0 unspecified atom stereocenters. The average Bonchev–Trinajstić information content (AvgIpc) is 3.14. The summed E-state index contributed by atoms with van der Waals surface area (Å²) in [6, 6.07) is 5.55. The van der Waals surface area contributed by atoms with E-state index in [1.807, 2.05) is 24.9 Å². The predicted octanol–water partition coefficient (Wildman–Crippen LogP) is 2.28. The largest absolute Gasteiger partial charge is 0.366 e. The average molecular weight is 413 g/mol. The monoisotopic (exact) mass is 412 g/mol. The van der Waals surface area contributed by atoms with E-state index in [2.05, 4.69) is 51.7 Å². The van der Waals surface area contributed by atoms with Gasteiger partial charge < -0.3 is 26.6 Å². The third kappa shape index (κ3) is 5.79. The van der Waals surface area contributed by atoms with Crippen LogP contribution in [0.2, 0.25) is 0 Å². The second-order valence-electron chi connectivity index (χ2n) is 9.05. The van der Waals surface area contributed by atoms with Crippen molar-refractivity contribution in [2.75, 3.05) is 42.2 Å². The number of nitrogens with zero attached hydrogens (tertiary/aromatic N) is 4. The van der Waals surface area contributed by atoms with Gasteiger partial charge in [-0.2, -0.15) is 15.0 Å². The lowest BCUT2D eigenvalue weighted by Crippen LogP contribution is -2.31. The second kappa shape index (κ2) is 8.83. The van der Waals surface area contributed by atoms with Gasteiger partial charge in [0.25, 0.3) is 0 Å². The summed E-state index contributed by atoms with van der Waals surface area (Å²) in [5.41, 5.74) is 7.64. The van der Waals surface area contributed by atoms with Gasteiger partial charge in [0.05, 0.1) is 0 Å². The minimum atomic E-state index is -0.476. The fraction of sp³-hybridized carbons (Fsp3) is 0.524. The normalized spacial score (nSPS) is 16.4. The molecule has 2 heterocycles. The Morgan fingerprint density at radius 1 is 1.27 bits per heavy atom.